The number of aryl methyl sites for hydroxylation is 1. The second-order valence-corrected chi connectivity index (χ2v) is 9.19. The highest BCUT2D eigenvalue weighted by Gasteiger charge is 2.46. The molecule has 1 aromatic carbocycles. The zero-order valence-corrected chi connectivity index (χ0v) is 18.1. The molecule has 7 heteroatoms. The van der Waals surface area contributed by atoms with Crippen molar-refractivity contribution >= 4 is 17.2 Å². The van der Waals surface area contributed by atoms with Crippen LogP contribution in [0.5, 0.6) is 0 Å². The molecule has 0 aliphatic carbocycles. The third-order valence-corrected chi connectivity index (χ3v) is 7.10. The lowest BCUT2D eigenvalue weighted by molar-refractivity contribution is -0.0398. The van der Waals surface area contributed by atoms with Gasteiger partial charge >= 0.3 is 0 Å². The standard InChI is InChI=1S/C24H24FN3O2S/c1-15-2-7-19(23-26-10-11-31-23)20(12-15)24(29)28-18-5-8-21(28)22(9-6-18)30-14-17-4-3-16(25)13-27-17/h2-4,7,10-13,18,21-22H,5-6,8-9,14H2,1H3/t18-,21?,22-/m0/s1. The van der Waals surface area contributed by atoms with Crippen LogP contribution >= 0.6 is 11.3 Å². The van der Waals surface area contributed by atoms with Gasteiger partial charge in [0.05, 0.1) is 36.2 Å². The van der Waals surface area contributed by atoms with Gasteiger partial charge in [0.25, 0.3) is 5.91 Å². The molecule has 3 aromatic rings. The van der Waals surface area contributed by atoms with Gasteiger partial charge in [0.15, 0.2) is 0 Å². The quantitative estimate of drug-likeness (QED) is 0.563. The highest BCUT2D eigenvalue weighted by atomic mass is 32.1. The molecule has 160 valence electrons. The average Bonchev–Trinajstić information content (AvgIpc) is 3.41. The molecule has 1 amide bonds. The second-order valence-electron chi connectivity index (χ2n) is 8.29. The number of fused-ring (bicyclic) bond motifs is 2. The van der Waals surface area contributed by atoms with Crippen LogP contribution in [0.3, 0.4) is 0 Å². The molecule has 2 aliphatic rings. The lowest BCUT2D eigenvalue weighted by Gasteiger charge is -2.40. The minimum Gasteiger partial charge on any atom is -0.370 e. The number of pyridine rings is 1. The summed E-state index contributed by atoms with van der Waals surface area (Å²) in [6.45, 7) is 2.33. The summed E-state index contributed by atoms with van der Waals surface area (Å²) < 4.78 is 19.3. The molecule has 4 heterocycles. The van der Waals surface area contributed by atoms with E-state index in [4.69, 9.17) is 4.74 Å². The first-order valence-electron chi connectivity index (χ1n) is 10.7. The minimum atomic E-state index is -0.356. The highest BCUT2D eigenvalue weighted by Crippen LogP contribution is 2.39. The Bertz CT molecular complexity index is 1070. The third-order valence-electron chi connectivity index (χ3n) is 6.30. The molecule has 5 nitrogen and oxygen atoms in total. The zero-order chi connectivity index (χ0) is 21.4. The fourth-order valence-electron chi connectivity index (χ4n) is 4.82. The molecule has 1 unspecified atom stereocenters. The largest absolute Gasteiger partial charge is 0.370 e. The molecule has 31 heavy (non-hydrogen) atoms. The molecule has 0 saturated carbocycles. The number of benzene rings is 1. The van der Waals surface area contributed by atoms with E-state index in [9.17, 15) is 9.18 Å². The molecule has 2 saturated heterocycles. The molecule has 2 bridgehead atoms. The van der Waals surface area contributed by atoms with Gasteiger partial charge in [-0.25, -0.2) is 9.37 Å². The summed E-state index contributed by atoms with van der Waals surface area (Å²) in [6.07, 6.45) is 6.74. The topological polar surface area (TPSA) is 55.3 Å². The number of ether oxygens (including phenoxy) is 1. The van der Waals surface area contributed by atoms with Gasteiger partial charge < -0.3 is 9.64 Å². The normalized spacial score (nSPS) is 22.6. The lowest BCUT2D eigenvalue weighted by atomic mass is 9.96. The summed E-state index contributed by atoms with van der Waals surface area (Å²) in [7, 11) is 0. The van der Waals surface area contributed by atoms with Crippen molar-refractivity contribution in [2.75, 3.05) is 0 Å². The van der Waals surface area contributed by atoms with E-state index in [1.54, 1.807) is 23.6 Å². The van der Waals surface area contributed by atoms with Gasteiger partial charge in [0.1, 0.15) is 10.8 Å². The number of carbonyl (C=O) groups excluding carboxylic acids is 1. The van der Waals surface area contributed by atoms with Gasteiger partial charge in [0.2, 0.25) is 0 Å². The molecule has 2 aromatic heterocycles. The zero-order valence-electron chi connectivity index (χ0n) is 17.3. The van der Waals surface area contributed by atoms with Crippen molar-refractivity contribution in [1.29, 1.82) is 0 Å². The third kappa shape index (κ3) is 4.00. The maximum Gasteiger partial charge on any atom is 0.255 e. The van der Waals surface area contributed by atoms with E-state index < -0.39 is 0 Å². The van der Waals surface area contributed by atoms with E-state index in [1.807, 2.05) is 30.5 Å². The monoisotopic (exact) mass is 437 g/mol. The predicted molar refractivity (Wildman–Crippen MR) is 117 cm³/mol. The van der Waals surface area contributed by atoms with Crippen LogP contribution < -0.4 is 0 Å². The van der Waals surface area contributed by atoms with Crippen LogP contribution in [0.25, 0.3) is 10.6 Å². The van der Waals surface area contributed by atoms with Crippen molar-refractivity contribution in [1.82, 2.24) is 14.9 Å². The number of carbonyl (C=O) groups is 1. The van der Waals surface area contributed by atoms with E-state index in [-0.39, 0.29) is 29.9 Å². The average molecular weight is 438 g/mol. The summed E-state index contributed by atoms with van der Waals surface area (Å²) in [4.78, 5) is 24.4. The lowest BCUT2D eigenvalue weighted by Crippen LogP contribution is -2.51. The number of amides is 1. The molecule has 0 N–H and O–H groups in total. The summed E-state index contributed by atoms with van der Waals surface area (Å²) in [5.74, 6) is -0.291. The van der Waals surface area contributed by atoms with Crippen molar-refractivity contribution < 1.29 is 13.9 Å². The first-order valence-corrected chi connectivity index (χ1v) is 11.5. The summed E-state index contributed by atoms with van der Waals surface area (Å²) in [6, 6.07) is 9.35. The van der Waals surface area contributed by atoms with Crippen LogP contribution in [0.2, 0.25) is 0 Å². The smallest absolute Gasteiger partial charge is 0.255 e. The number of piperidine rings is 1. The Morgan fingerprint density at radius 3 is 2.84 bits per heavy atom. The van der Waals surface area contributed by atoms with Crippen molar-refractivity contribution in [3.8, 4) is 10.6 Å². The fourth-order valence-corrected chi connectivity index (χ4v) is 5.50. The Morgan fingerprint density at radius 2 is 2.06 bits per heavy atom. The molecular formula is C24H24FN3O2S. The number of hydrogen-bond donors (Lipinski definition) is 0. The van der Waals surface area contributed by atoms with E-state index in [2.05, 4.69) is 14.9 Å². The Labute approximate surface area is 184 Å². The van der Waals surface area contributed by atoms with Crippen molar-refractivity contribution in [2.24, 2.45) is 0 Å². The van der Waals surface area contributed by atoms with Gasteiger partial charge in [-0.05, 0) is 50.8 Å². The molecule has 5 rings (SSSR count). The maximum atomic E-state index is 13.8. The molecule has 3 atom stereocenters. The first kappa shape index (κ1) is 20.3. The van der Waals surface area contributed by atoms with Crippen LogP contribution in [0.4, 0.5) is 4.39 Å². The Balaban J connectivity index is 1.38. The summed E-state index contributed by atoms with van der Waals surface area (Å²) in [5.41, 5.74) is 3.36. The Kier molecular flexibility index (Phi) is 5.54. The second kappa shape index (κ2) is 8.48. The van der Waals surface area contributed by atoms with Crippen molar-refractivity contribution in [3.63, 3.8) is 0 Å². The Hall–Kier alpha value is -2.64. The van der Waals surface area contributed by atoms with Crippen LogP contribution in [-0.4, -0.2) is 39.0 Å². The summed E-state index contributed by atoms with van der Waals surface area (Å²) in [5, 5.41) is 2.80. The maximum absolute atomic E-state index is 13.8. The van der Waals surface area contributed by atoms with Crippen LogP contribution in [0, 0.1) is 12.7 Å². The van der Waals surface area contributed by atoms with Gasteiger partial charge in [0, 0.05) is 23.2 Å². The Morgan fingerprint density at radius 1 is 1.19 bits per heavy atom. The first-order chi connectivity index (χ1) is 15.1. The van der Waals surface area contributed by atoms with Gasteiger partial charge in [-0.15, -0.1) is 11.3 Å². The van der Waals surface area contributed by atoms with E-state index >= 15 is 0 Å². The minimum absolute atomic E-state index is 0.0392. The molecule has 2 aliphatic heterocycles. The van der Waals surface area contributed by atoms with Gasteiger partial charge in [-0.2, -0.15) is 0 Å². The predicted octanol–water partition coefficient (Wildman–Crippen LogP) is 5.01. The van der Waals surface area contributed by atoms with Crippen LogP contribution in [-0.2, 0) is 11.3 Å². The molecule has 2 fully saturated rings. The molecule has 0 radical (unpaired) electrons. The van der Waals surface area contributed by atoms with Gasteiger partial charge in [-0.1, -0.05) is 17.7 Å². The molecular weight excluding hydrogens is 413 g/mol. The number of aromatic nitrogens is 2. The fraction of sp³-hybridized carbons (Fsp3) is 0.375. The van der Waals surface area contributed by atoms with E-state index in [0.717, 1.165) is 41.8 Å². The van der Waals surface area contributed by atoms with Crippen molar-refractivity contribution in [2.45, 2.75) is 57.4 Å². The van der Waals surface area contributed by atoms with E-state index in [0.29, 0.717) is 17.9 Å². The number of nitrogens with zero attached hydrogens (tertiary/aromatic N) is 3. The molecule has 0 spiro atoms. The summed E-state index contributed by atoms with van der Waals surface area (Å²) >= 11 is 1.54. The van der Waals surface area contributed by atoms with E-state index in [1.165, 1.54) is 12.3 Å². The highest BCUT2D eigenvalue weighted by molar-refractivity contribution is 7.13. The number of halogens is 1. The van der Waals surface area contributed by atoms with Gasteiger partial charge in [-0.3, -0.25) is 9.78 Å². The number of thiazole rings is 1. The van der Waals surface area contributed by atoms with Crippen LogP contribution in [0.1, 0.15) is 47.3 Å². The van der Waals surface area contributed by atoms with Crippen molar-refractivity contribution in [3.05, 3.63) is 70.7 Å². The SMILES string of the molecule is Cc1ccc(-c2nccs2)c(C(=O)N2C3CC[C@H]2CC[C@@H]3OCc2ccc(F)cn2)c1. The van der Waals surface area contributed by atoms with Crippen LogP contribution in [0.15, 0.2) is 48.1 Å². The number of hydrogen-bond acceptors (Lipinski definition) is 5. The number of rotatable bonds is 5.